The zero-order valence-electron chi connectivity index (χ0n) is 11.5. The second-order valence-electron chi connectivity index (χ2n) is 4.39. The van der Waals surface area contributed by atoms with E-state index in [4.69, 9.17) is 16.3 Å². The molecule has 0 heterocycles. The minimum atomic E-state index is -0.376. The van der Waals surface area contributed by atoms with E-state index < -0.39 is 0 Å². The average molecular weight is 308 g/mol. The van der Waals surface area contributed by atoms with Gasteiger partial charge in [0.1, 0.15) is 5.82 Å². The Hall–Kier alpha value is -2.07. The van der Waals surface area contributed by atoms with Gasteiger partial charge >= 0.3 is 5.97 Å². The van der Waals surface area contributed by atoms with Crippen molar-refractivity contribution >= 4 is 23.3 Å². The fourth-order valence-corrected chi connectivity index (χ4v) is 1.99. The van der Waals surface area contributed by atoms with E-state index in [1.807, 2.05) is 0 Å². The Balaban J connectivity index is 2.06. The molecule has 0 atom stereocenters. The summed E-state index contributed by atoms with van der Waals surface area (Å²) < 4.78 is 18.6. The molecule has 0 spiro atoms. The van der Waals surface area contributed by atoms with Crippen LogP contribution in [0.1, 0.15) is 22.8 Å². The molecule has 1 N–H and O–H groups in total. The molecule has 5 heteroatoms. The summed E-state index contributed by atoms with van der Waals surface area (Å²) in [5.41, 5.74) is 1.68. The summed E-state index contributed by atoms with van der Waals surface area (Å²) in [5, 5.41) is 3.43. The predicted octanol–water partition coefficient (Wildman–Crippen LogP) is 4.27. The predicted molar refractivity (Wildman–Crippen MR) is 81.1 cm³/mol. The third kappa shape index (κ3) is 4.20. The standard InChI is InChI=1S/C16H15ClFNO2/c1-2-21-16(20)11-4-3-5-14(8-11)19-10-12-6-7-13(17)9-15(12)18/h3-9,19H,2,10H2,1H3. The van der Waals surface area contributed by atoms with Gasteiger partial charge in [-0.25, -0.2) is 9.18 Å². The van der Waals surface area contributed by atoms with Crippen molar-refractivity contribution in [3.63, 3.8) is 0 Å². The molecule has 21 heavy (non-hydrogen) atoms. The van der Waals surface area contributed by atoms with Gasteiger partial charge in [0.15, 0.2) is 0 Å². The number of halogens is 2. The van der Waals surface area contributed by atoms with Crippen molar-refractivity contribution in [1.29, 1.82) is 0 Å². The topological polar surface area (TPSA) is 38.3 Å². The van der Waals surface area contributed by atoms with Crippen LogP contribution in [0.5, 0.6) is 0 Å². The second-order valence-corrected chi connectivity index (χ2v) is 4.83. The summed E-state index contributed by atoms with van der Waals surface area (Å²) in [6.07, 6.45) is 0. The molecule has 0 aliphatic carbocycles. The van der Waals surface area contributed by atoms with Crippen LogP contribution in [0.25, 0.3) is 0 Å². The maximum absolute atomic E-state index is 13.7. The summed E-state index contributed by atoms with van der Waals surface area (Å²) in [6.45, 7) is 2.38. The third-order valence-electron chi connectivity index (χ3n) is 2.87. The van der Waals surface area contributed by atoms with Crippen molar-refractivity contribution in [2.75, 3.05) is 11.9 Å². The van der Waals surface area contributed by atoms with Crippen molar-refractivity contribution in [1.82, 2.24) is 0 Å². The van der Waals surface area contributed by atoms with Gasteiger partial charge in [-0.2, -0.15) is 0 Å². The summed E-state index contributed by atoms with van der Waals surface area (Å²) in [5.74, 6) is -0.740. The normalized spacial score (nSPS) is 10.2. The highest BCUT2D eigenvalue weighted by Crippen LogP contribution is 2.17. The van der Waals surface area contributed by atoms with E-state index in [2.05, 4.69) is 5.32 Å². The van der Waals surface area contributed by atoms with Crippen LogP contribution in [-0.4, -0.2) is 12.6 Å². The Morgan fingerprint density at radius 3 is 2.81 bits per heavy atom. The molecular formula is C16H15ClFNO2. The molecule has 110 valence electrons. The smallest absolute Gasteiger partial charge is 0.338 e. The van der Waals surface area contributed by atoms with E-state index in [0.717, 1.165) is 5.69 Å². The van der Waals surface area contributed by atoms with Gasteiger partial charge in [0.05, 0.1) is 12.2 Å². The first kappa shape index (κ1) is 15.3. The lowest BCUT2D eigenvalue weighted by Crippen LogP contribution is -2.06. The minimum absolute atomic E-state index is 0.301. The number of esters is 1. The fraction of sp³-hybridized carbons (Fsp3) is 0.188. The van der Waals surface area contributed by atoms with E-state index in [1.165, 1.54) is 6.07 Å². The molecule has 3 nitrogen and oxygen atoms in total. The lowest BCUT2D eigenvalue weighted by Gasteiger charge is -2.09. The summed E-state index contributed by atoms with van der Waals surface area (Å²) in [6, 6.07) is 11.4. The Morgan fingerprint density at radius 2 is 2.10 bits per heavy atom. The molecule has 0 saturated carbocycles. The summed E-state index contributed by atoms with van der Waals surface area (Å²) in [7, 11) is 0. The molecule has 0 unspecified atom stereocenters. The Labute approximate surface area is 127 Å². The van der Waals surface area contributed by atoms with Crippen molar-refractivity contribution < 1.29 is 13.9 Å². The number of hydrogen-bond acceptors (Lipinski definition) is 3. The molecule has 0 saturated heterocycles. The van der Waals surface area contributed by atoms with E-state index >= 15 is 0 Å². The van der Waals surface area contributed by atoms with Gasteiger partial charge < -0.3 is 10.1 Å². The van der Waals surface area contributed by atoms with Crippen LogP contribution in [0.3, 0.4) is 0 Å². The molecule has 2 rings (SSSR count). The molecule has 0 radical (unpaired) electrons. The van der Waals surface area contributed by atoms with Crippen LogP contribution in [0.15, 0.2) is 42.5 Å². The minimum Gasteiger partial charge on any atom is -0.462 e. The second kappa shape index (κ2) is 7.09. The van der Waals surface area contributed by atoms with Crippen LogP contribution in [0.2, 0.25) is 5.02 Å². The van der Waals surface area contributed by atoms with Crippen LogP contribution >= 0.6 is 11.6 Å². The highest BCUT2D eigenvalue weighted by atomic mass is 35.5. The molecule has 0 fully saturated rings. The fourth-order valence-electron chi connectivity index (χ4n) is 1.83. The lowest BCUT2D eigenvalue weighted by atomic mass is 10.1. The molecule has 2 aromatic rings. The number of rotatable bonds is 5. The van der Waals surface area contributed by atoms with Crippen LogP contribution in [-0.2, 0) is 11.3 Å². The number of ether oxygens (including phenoxy) is 1. The lowest BCUT2D eigenvalue weighted by molar-refractivity contribution is 0.0526. The van der Waals surface area contributed by atoms with Gasteiger partial charge in [0, 0.05) is 22.8 Å². The van der Waals surface area contributed by atoms with Crippen LogP contribution in [0, 0.1) is 5.82 Å². The van der Waals surface area contributed by atoms with E-state index in [9.17, 15) is 9.18 Å². The average Bonchev–Trinajstić information content (AvgIpc) is 2.47. The zero-order chi connectivity index (χ0) is 15.2. The SMILES string of the molecule is CCOC(=O)c1cccc(NCc2ccc(Cl)cc2F)c1. The van der Waals surface area contributed by atoms with Crippen LogP contribution < -0.4 is 5.32 Å². The van der Waals surface area contributed by atoms with Gasteiger partial charge in [-0.15, -0.1) is 0 Å². The van der Waals surface area contributed by atoms with Gasteiger partial charge in [0.2, 0.25) is 0 Å². The first-order valence-corrected chi connectivity index (χ1v) is 6.93. The number of nitrogens with one attached hydrogen (secondary N) is 1. The summed E-state index contributed by atoms with van der Waals surface area (Å²) in [4.78, 5) is 11.6. The highest BCUT2D eigenvalue weighted by molar-refractivity contribution is 6.30. The van der Waals surface area contributed by atoms with Gasteiger partial charge in [-0.05, 0) is 37.3 Å². The molecule has 2 aromatic carbocycles. The van der Waals surface area contributed by atoms with Gasteiger partial charge in [-0.1, -0.05) is 23.7 Å². The van der Waals surface area contributed by atoms with Gasteiger partial charge in [-0.3, -0.25) is 0 Å². The Kier molecular flexibility index (Phi) is 5.17. The molecule has 0 aliphatic rings. The van der Waals surface area contributed by atoms with E-state index in [0.29, 0.717) is 29.3 Å². The number of benzene rings is 2. The maximum atomic E-state index is 13.7. The quantitative estimate of drug-likeness (QED) is 0.838. The number of carbonyl (C=O) groups excluding carboxylic acids is 1. The van der Waals surface area contributed by atoms with E-state index in [1.54, 1.807) is 43.3 Å². The first-order valence-electron chi connectivity index (χ1n) is 6.55. The highest BCUT2D eigenvalue weighted by Gasteiger charge is 2.07. The molecule has 0 amide bonds. The van der Waals surface area contributed by atoms with E-state index in [-0.39, 0.29) is 11.8 Å². The number of hydrogen-bond donors (Lipinski definition) is 1. The molecule has 0 aliphatic heterocycles. The van der Waals surface area contributed by atoms with Crippen molar-refractivity contribution in [3.8, 4) is 0 Å². The van der Waals surface area contributed by atoms with Crippen molar-refractivity contribution in [2.24, 2.45) is 0 Å². The van der Waals surface area contributed by atoms with Gasteiger partial charge in [0.25, 0.3) is 0 Å². The van der Waals surface area contributed by atoms with Crippen LogP contribution in [0.4, 0.5) is 10.1 Å². The molecular weight excluding hydrogens is 293 g/mol. The zero-order valence-corrected chi connectivity index (χ0v) is 12.3. The third-order valence-corrected chi connectivity index (χ3v) is 3.11. The van der Waals surface area contributed by atoms with Crippen molar-refractivity contribution in [2.45, 2.75) is 13.5 Å². The first-order chi connectivity index (χ1) is 10.1. The maximum Gasteiger partial charge on any atom is 0.338 e. The molecule has 0 bridgehead atoms. The summed E-state index contributed by atoms with van der Waals surface area (Å²) >= 11 is 5.71. The largest absolute Gasteiger partial charge is 0.462 e. The molecule has 0 aromatic heterocycles. The Bertz CT molecular complexity index is 646. The monoisotopic (exact) mass is 307 g/mol. The van der Waals surface area contributed by atoms with Crippen molar-refractivity contribution in [3.05, 3.63) is 64.4 Å². The number of anilines is 1. The Morgan fingerprint density at radius 1 is 1.29 bits per heavy atom. The number of carbonyl (C=O) groups is 1.